The van der Waals surface area contributed by atoms with Crippen molar-refractivity contribution in [2.75, 3.05) is 11.9 Å². The van der Waals surface area contributed by atoms with E-state index in [4.69, 9.17) is 9.84 Å². The molecule has 0 atom stereocenters. The Morgan fingerprint density at radius 2 is 2.04 bits per heavy atom. The molecule has 0 aliphatic rings. The lowest BCUT2D eigenvalue weighted by Gasteiger charge is -2.07. The summed E-state index contributed by atoms with van der Waals surface area (Å²) in [6, 6.07) is 1.27. The third-order valence-electron chi connectivity index (χ3n) is 3.36. The van der Waals surface area contributed by atoms with Crippen molar-refractivity contribution in [3.8, 4) is 0 Å². The van der Waals surface area contributed by atoms with Crippen LogP contribution in [-0.4, -0.2) is 45.1 Å². The van der Waals surface area contributed by atoms with Crippen molar-refractivity contribution in [1.29, 1.82) is 0 Å². The number of hydrogen-bond acceptors (Lipinski definition) is 7. The van der Waals surface area contributed by atoms with Gasteiger partial charge in [0.05, 0.1) is 17.0 Å². The molecular weight excluding hydrogens is 362 g/mol. The molecule has 2 aromatic rings. The molecule has 0 spiro atoms. The van der Waals surface area contributed by atoms with E-state index in [1.807, 2.05) is 0 Å². The lowest BCUT2D eigenvalue weighted by molar-refractivity contribution is -0.116. The van der Waals surface area contributed by atoms with Crippen molar-refractivity contribution < 1.29 is 29.0 Å². The Kier molecular flexibility index (Phi) is 5.88. The van der Waals surface area contributed by atoms with Crippen LogP contribution in [0.3, 0.4) is 0 Å². The van der Waals surface area contributed by atoms with Gasteiger partial charge in [-0.25, -0.2) is 9.59 Å². The van der Waals surface area contributed by atoms with Crippen LogP contribution in [0.25, 0.3) is 0 Å². The molecule has 26 heavy (non-hydrogen) atoms. The summed E-state index contributed by atoms with van der Waals surface area (Å²) in [6.45, 7) is 4.55. The molecule has 0 fully saturated rings. The number of aromatic carboxylic acids is 1. The molecule has 1 amide bonds. The van der Waals surface area contributed by atoms with Crippen LogP contribution in [0.5, 0.6) is 0 Å². The van der Waals surface area contributed by atoms with Crippen molar-refractivity contribution in [2.24, 2.45) is 0 Å². The van der Waals surface area contributed by atoms with Gasteiger partial charge in [-0.2, -0.15) is 5.10 Å². The summed E-state index contributed by atoms with van der Waals surface area (Å²) in [7, 11) is 0. The summed E-state index contributed by atoms with van der Waals surface area (Å²) in [5, 5.41) is 15.4. The quantitative estimate of drug-likeness (QED) is 0.556. The summed E-state index contributed by atoms with van der Waals surface area (Å²) in [5.74, 6) is -2.58. The summed E-state index contributed by atoms with van der Waals surface area (Å²) in [4.78, 5) is 47.3. The lowest BCUT2D eigenvalue weighted by Crippen LogP contribution is -2.20. The van der Waals surface area contributed by atoms with Crippen LogP contribution in [0.1, 0.15) is 49.9 Å². The van der Waals surface area contributed by atoms with Gasteiger partial charge in [0.2, 0.25) is 5.91 Å². The summed E-state index contributed by atoms with van der Waals surface area (Å²) in [5.41, 5.74) is 0.404. The molecule has 0 bridgehead atoms. The van der Waals surface area contributed by atoms with Crippen molar-refractivity contribution in [3.05, 3.63) is 34.0 Å². The number of carbonyl (C=O) groups is 4. The van der Waals surface area contributed by atoms with E-state index < -0.39 is 17.8 Å². The number of esters is 1. The van der Waals surface area contributed by atoms with Crippen molar-refractivity contribution in [2.45, 2.75) is 27.3 Å². The van der Waals surface area contributed by atoms with Gasteiger partial charge in [0.25, 0.3) is 0 Å². The highest BCUT2D eigenvalue weighted by molar-refractivity contribution is 7.18. The number of carboxylic acid groups (broad SMARTS) is 1. The average molecular weight is 379 g/mol. The highest BCUT2D eigenvalue weighted by Gasteiger charge is 2.25. The number of nitrogens with one attached hydrogen (secondary N) is 1. The number of rotatable bonds is 7. The predicted octanol–water partition coefficient (Wildman–Crippen LogP) is 1.97. The van der Waals surface area contributed by atoms with E-state index in [9.17, 15) is 19.2 Å². The molecule has 0 aliphatic heterocycles. The molecule has 2 N–H and O–H groups in total. The summed E-state index contributed by atoms with van der Waals surface area (Å²) < 4.78 is 6.16. The topological polar surface area (TPSA) is 128 Å². The number of carbonyl (C=O) groups excluding carboxylic acids is 3. The van der Waals surface area contributed by atoms with Crippen LogP contribution in [0.2, 0.25) is 0 Å². The van der Waals surface area contributed by atoms with E-state index in [1.54, 1.807) is 13.8 Å². The van der Waals surface area contributed by atoms with E-state index in [2.05, 4.69) is 10.4 Å². The fourth-order valence-corrected chi connectivity index (χ4v) is 3.37. The van der Waals surface area contributed by atoms with Crippen molar-refractivity contribution >= 4 is 40.0 Å². The molecule has 138 valence electrons. The summed E-state index contributed by atoms with van der Waals surface area (Å²) in [6.07, 6.45) is 1.36. The second kappa shape index (κ2) is 7.91. The lowest BCUT2D eigenvalue weighted by atomic mass is 10.1. The third-order valence-corrected chi connectivity index (χ3v) is 4.67. The maximum Gasteiger partial charge on any atom is 0.356 e. The zero-order valence-corrected chi connectivity index (χ0v) is 15.2. The standard InChI is InChI=1S/C16H17N3O6S/c1-4-25-16(24)12-8(2)13(9(3)20)26-14(12)17-11(21)7-19-6-5-10(18-19)15(22)23/h5-6H,4,7H2,1-3H3,(H,17,21)(H,22,23). The molecule has 0 aliphatic carbocycles. The largest absolute Gasteiger partial charge is 0.476 e. The Labute approximate surface area is 152 Å². The number of nitrogens with zero attached hydrogens (tertiary/aromatic N) is 2. The van der Waals surface area contributed by atoms with E-state index >= 15 is 0 Å². The number of anilines is 1. The number of thiophene rings is 1. The minimum atomic E-state index is -1.20. The monoisotopic (exact) mass is 379 g/mol. The molecule has 0 aromatic carbocycles. The number of hydrogen-bond donors (Lipinski definition) is 2. The minimum Gasteiger partial charge on any atom is -0.476 e. The molecule has 0 saturated carbocycles. The van der Waals surface area contributed by atoms with Gasteiger partial charge >= 0.3 is 11.9 Å². The van der Waals surface area contributed by atoms with Crippen LogP contribution in [0, 0.1) is 6.92 Å². The fraction of sp³-hybridized carbons (Fsp3) is 0.312. The molecule has 10 heteroatoms. The average Bonchev–Trinajstić information content (AvgIpc) is 3.12. The van der Waals surface area contributed by atoms with Gasteiger partial charge in [0, 0.05) is 6.20 Å². The Hall–Kier alpha value is -3.01. The van der Waals surface area contributed by atoms with E-state index in [0.717, 1.165) is 16.0 Å². The first-order valence-corrected chi connectivity index (χ1v) is 8.44. The van der Waals surface area contributed by atoms with Gasteiger partial charge in [-0.05, 0) is 32.4 Å². The molecule has 9 nitrogen and oxygen atoms in total. The van der Waals surface area contributed by atoms with Crippen LogP contribution < -0.4 is 5.32 Å². The van der Waals surface area contributed by atoms with Gasteiger partial charge < -0.3 is 15.2 Å². The first-order valence-electron chi connectivity index (χ1n) is 7.62. The SMILES string of the molecule is CCOC(=O)c1c(NC(=O)Cn2ccc(C(=O)O)n2)sc(C(C)=O)c1C. The van der Waals surface area contributed by atoms with Gasteiger partial charge in [0.1, 0.15) is 11.5 Å². The van der Waals surface area contributed by atoms with Crippen LogP contribution in [-0.2, 0) is 16.1 Å². The smallest absolute Gasteiger partial charge is 0.356 e. The maximum atomic E-state index is 12.2. The molecule has 2 rings (SSSR count). The minimum absolute atomic E-state index is 0.141. The molecule has 0 unspecified atom stereocenters. The van der Waals surface area contributed by atoms with Gasteiger partial charge in [-0.3, -0.25) is 14.3 Å². The van der Waals surface area contributed by atoms with Crippen molar-refractivity contribution in [1.82, 2.24) is 9.78 Å². The number of ether oxygens (including phenoxy) is 1. The fourth-order valence-electron chi connectivity index (χ4n) is 2.26. The van der Waals surface area contributed by atoms with Gasteiger partial charge in [-0.15, -0.1) is 11.3 Å². The Morgan fingerprint density at radius 1 is 1.35 bits per heavy atom. The highest BCUT2D eigenvalue weighted by atomic mass is 32.1. The number of carboxylic acids is 1. The second-order valence-corrected chi connectivity index (χ2v) is 6.31. The molecule has 0 radical (unpaired) electrons. The normalized spacial score (nSPS) is 10.4. The van der Waals surface area contributed by atoms with Gasteiger partial charge in [-0.1, -0.05) is 0 Å². The van der Waals surface area contributed by atoms with Gasteiger partial charge in [0.15, 0.2) is 11.5 Å². The van der Waals surface area contributed by atoms with Crippen LogP contribution in [0.15, 0.2) is 12.3 Å². The Morgan fingerprint density at radius 3 is 2.58 bits per heavy atom. The third kappa shape index (κ3) is 4.14. The Balaban J connectivity index is 2.24. The Bertz CT molecular complexity index is 883. The van der Waals surface area contributed by atoms with E-state index in [1.165, 1.54) is 19.2 Å². The zero-order valence-electron chi connectivity index (χ0n) is 14.4. The van der Waals surface area contributed by atoms with Crippen LogP contribution in [0.4, 0.5) is 5.00 Å². The van der Waals surface area contributed by atoms with Crippen molar-refractivity contribution in [3.63, 3.8) is 0 Å². The predicted molar refractivity (Wildman–Crippen MR) is 92.8 cm³/mol. The molecule has 0 saturated heterocycles. The first-order chi connectivity index (χ1) is 12.2. The second-order valence-electron chi connectivity index (χ2n) is 5.29. The molecule has 2 aromatic heterocycles. The zero-order chi connectivity index (χ0) is 19.4. The van der Waals surface area contributed by atoms with E-state index in [0.29, 0.717) is 10.4 Å². The van der Waals surface area contributed by atoms with Crippen LogP contribution >= 0.6 is 11.3 Å². The first kappa shape index (κ1) is 19.3. The number of aromatic nitrogens is 2. The number of amides is 1. The highest BCUT2D eigenvalue weighted by Crippen LogP contribution is 2.34. The number of ketones is 1. The molecule has 2 heterocycles. The molecular formula is C16H17N3O6S. The van der Waals surface area contributed by atoms with E-state index in [-0.39, 0.29) is 35.2 Å². The summed E-state index contributed by atoms with van der Waals surface area (Å²) >= 11 is 0.991. The number of Topliss-reactive ketones (excluding diaryl/α,β-unsaturated/α-hetero) is 1. The maximum absolute atomic E-state index is 12.2.